The molecule has 0 aliphatic heterocycles. The van der Waals surface area contributed by atoms with E-state index in [4.69, 9.17) is 10.5 Å². The number of carbonyl (C=O) groups excluding carboxylic acids is 2. The first kappa shape index (κ1) is 16.9. The molecule has 0 aromatic heterocycles. The normalized spacial score (nSPS) is 13.8. The van der Waals surface area contributed by atoms with Gasteiger partial charge in [0.1, 0.15) is 0 Å². The summed E-state index contributed by atoms with van der Waals surface area (Å²) < 4.78 is 4.80. The van der Waals surface area contributed by atoms with Crippen LogP contribution in [0.4, 0.5) is 0 Å². The molecule has 2 unspecified atom stereocenters. The molecule has 6 nitrogen and oxygen atoms in total. The SMILES string of the molecule is CCC(C)C(N)C(=O)NCCC(=O)NCCOC. The van der Waals surface area contributed by atoms with Crippen LogP contribution in [0.1, 0.15) is 26.7 Å². The van der Waals surface area contributed by atoms with E-state index in [1.807, 2.05) is 13.8 Å². The molecule has 0 aliphatic rings. The third kappa shape index (κ3) is 7.24. The van der Waals surface area contributed by atoms with E-state index < -0.39 is 6.04 Å². The second-order valence-electron chi connectivity index (χ2n) is 4.30. The summed E-state index contributed by atoms with van der Waals surface area (Å²) in [5, 5.41) is 5.34. The maximum absolute atomic E-state index is 11.6. The van der Waals surface area contributed by atoms with E-state index in [0.717, 1.165) is 6.42 Å². The van der Waals surface area contributed by atoms with Crippen LogP contribution in [0.3, 0.4) is 0 Å². The molecule has 0 aromatic carbocycles. The summed E-state index contributed by atoms with van der Waals surface area (Å²) in [6.45, 7) is 5.19. The van der Waals surface area contributed by atoms with E-state index in [1.54, 1.807) is 7.11 Å². The van der Waals surface area contributed by atoms with Gasteiger partial charge < -0.3 is 21.1 Å². The molecule has 0 radical (unpaired) electrons. The van der Waals surface area contributed by atoms with Crippen LogP contribution in [-0.2, 0) is 14.3 Å². The molecule has 0 aliphatic carbocycles. The Morgan fingerprint density at radius 2 is 1.94 bits per heavy atom. The lowest BCUT2D eigenvalue weighted by Gasteiger charge is -2.17. The topological polar surface area (TPSA) is 93.5 Å². The highest BCUT2D eigenvalue weighted by Crippen LogP contribution is 2.04. The van der Waals surface area contributed by atoms with E-state index in [2.05, 4.69) is 10.6 Å². The summed E-state index contributed by atoms with van der Waals surface area (Å²) in [7, 11) is 1.57. The molecule has 0 heterocycles. The number of nitrogens with one attached hydrogen (secondary N) is 2. The van der Waals surface area contributed by atoms with Crippen LogP contribution in [-0.4, -0.2) is 44.7 Å². The predicted octanol–water partition coefficient (Wildman–Crippen LogP) is -0.371. The number of hydrogen-bond acceptors (Lipinski definition) is 4. The molecule has 0 aromatic rings. The first-order valence-electron chi connectivity index (χ1n) is 6.31. The average Bonchev–Trinajstić information content (AvgIpc) is 2.37. The standard InChI is InChI=1S/C12H25N3O3/c1-4-9(2)11(13)12(17)15-6-5-10(16)14-7-8-18-3/h9,11H,4-8,13H2,1-3H3,(H,14,16)(H,15,17). The molecule has 18 heavy (non-hydrogen) atoms. The van der Waals surface area contributed by atoms with Crippen LogP contribution < -0.4 is 16.4 Å². The van der Waals surface area contributed by atoms with Crippen molar-refractivity contribution in [1.82, 2.24) is 10.6 Å². The maximum atomic E-state index is 11.6. The molecular weight excluding hydrogens is 234 g/mol. The van der Waals surface area contributed by atoms with Gasteiger partial charge in [0.15, 0.2) is 0 Å². The van der Waals surface area contributed by atoms with Crippen LogP contribution in [0.5, 0.6) is 0 Å². The Hall–Kier alpha value is -1.14. The van der Waals surface area contributed by atoms with Crippen molar-refractivity contribution in [1.29, 1.82) is 0 Å². The van der Waals surface area contributed by atoms with E-state index >= 15 is 0 Å². The van der Waals surface area contributed by atoms with Crippen molar-refractivity contribution in [2.24, 2.45) is 11.7 Å². The number of methoxy groups -OCH3 is 1. The van der Waals surface area contributed by atoms with Crippen molar-refractivity contribution < 1.29 is 14.3 Å². The van der Waals surface area contributed by atoms with Crippen molar-refractivity contribution >= 4 is 11.8 Å². The second-order valence-corrected chi connectivity index (χ2v) is 4.30. The van der Waals surface area contributed by atoms with Crippen molar-refractivity contribution in [2.75, 3.05) is 26.8 Å². The van der Waals surface area contributed by atoms with Crippen molar-refractivity contribution in [3.63, 3.8) is 0 Å². The van der Waals surface area contributed by atoms with E-state index in [1.165, 1.54) is 0 Å². The van der Waals surface area contributed by atoms with Gasteiger partial charge in [-0.15, -0.1) is 0 Å². The van der Waals surface area contributed by atoms with Gasteiger partial charge in [0.2, 0.25) is 11.8 Å². The lowest BCUT2D eigenvalue weighted by Crippen LogP contribution is -2.45. The van der Waals surface area contributed by atoms with Crippen molar-refractivity contribution in [2.45, 2.75) is 32.7 Å². The average molecular weight is 259 g/mol. The molecule has 106 valence electrons. The lowest BCUT2D eigenvalue weighted by atomic mass is 9.99. The highest BCUT2D eigenvalue weighted by atomic mass is 16.5. The number of rotatable bonds is 9. The Labute approximate surface area is 109 Å². The number of carbonyl (C=O) groups is 2. The molecule has 0 bridgehead atoms. The van der Waals surface area contributed by atoms with Gasteiger partial charge in [0.05, 0.1) is 12.6 Å². The van der Waals surface area contributed by atoms with Gasteiger partial charge in [-0.05, 0) is 5.92 Å². The molecule has 0 rings (SSSR count). The minimum absolute atomic E-state index is 0.107. The summed E-state index contributed by atoms with van der Waals surface area (Å²) in [5.41, 5.74) is 5.76. The zero-order valence-corrected chi connectivity index (χ0v) is 11.5. The molecular formula is C12H25N3O3. The minimum atomic E-state index is -0.508. The van der Waals surface area contributed by atoms with Crippen LogP contribution in [0, 0.1) is 5.92 Å². The fraction of sp³-hybridized carbons (Fsp3) is 0.833. The Kier molecular flexibility index (Phi) is 9.22. The quantitative estimate of drug-likeness (QED) is 0.492. The van der Waals surface area contributed by atoms with E-state index in [-0.39, 0.29) is 24.2 Å². The van der Waals surface area contributed by atoms with Gasteiger partial charge in [-0.1, -0.05) is 20.3 Å². The second kappa shape index (κ2) is 9.85. The van der Waals surface area contributed by atoms with Crippen molar-refractivity contribution in [3.8, 4) is 0 Å². The fourth-order valence-corrected chi connectivity index (χ4v) is 1.31. The van der Waals surface area contributed by atoms with Gasteiger partial charge in [-0.2, -0.15) is 0 Å². The van der Waals surface area contributed by atoms with Gasteiger partial charge in [-0.3, -0.25) is 9.59 Å². The van der Waals surface area contributed by atoms with Crippen LogP contribution in [0.15, 0.2) is 0 Å². The Morgan fingerprint density at radius 3 is 2.50 bits per heavy atom. The first-order chi connectivity index (χ1) is 8.52. The van der Waals surface area contributed by atoms with Crippen LogP contribution >= 0.6 is 0 Å². The van der Waals surface area contributed by atoms with Crippen LogP contribution in [0.25, 0.3) is 0 Å². The molecule has 2 amide bonds. The first-order valence-corrected chi connectivity index (χ1v) is 6.31. The summed E-state index contributed by atoms with van der Waals surface area (Å²) in [6, 6.07) is -0.508. The zero-order chi connectivity index (χ0) is 14.0. The van der Waals surface area contributed by atoms with Gasteiger partial charge >= 0.3 is 0 Å². The molecule has 0 fully saturated rings. The van der Waals surface area contributed by atoms with Gasteiger partial charge in [0, 0.05) is 26.6 Å². The Morgan fingerprint density at radius 1 is 1.28 bits per heavy atom. The Balaban J connectivity index is 3.70. The Bertz CT molecular complexity index is 259. The van der Waals surface area contributed by atoms with Gasteiger partial charge in [0.25, 0.3) is 0 Å². The third-order valence-electron chi connectivity index (χ3n) is 2.84. The molecule has 6 heteroatoms. The summed E-state index contributed by atoms with van der Waals surface area (Å²) >= 11 is 0. The summed E-state index contributed by atoms with van der Waals surface area (Å²) in [6.07, 6.45) is 1.11. The molecule has 0 spiro atoms. The largest absolute Gasteiger partial charge is 0.383 e. The maximum Gasteiger partial charge on any atom is 0.237 e. The monoisotopic (exact) mass is 259 g/mol. The molecule has 0 saturated heterocycles. The number of amides is 2. The molecule has 2 atom stereocenters. The number of ether oxygens (including phenoxy) is 1. The highest BCUT2D eigenvalue weighted by Gasteiger charge is 2.18. The molecule has 4 N–H and O–H groups in total. The summed E-state index contributed by atoms with van der Waals surface area (Å²) in [4.78, 5) is 22.9. The van der Waals surface area contributed by atoms with E-state index in [0.29, 0.717) is 19.7 Å². The predicted molar refractivity (Wildman–Crippen MR) is 69.9 cm³/mol. The van der Waals surface area contributed by atoms with E-state index in [9.17, 15) is 9.59 Å². The molecule has 0 saturated carbocycles. The minimum Gasteiger partial charge on any atom is -0.383 e. The third-order valence-corrected chi connectivity index (χ3v) is 2.84. The number of nitrogens with two attached hydrogens (primary N) is 1. The smallest absolute Gasteiger partial charge is 0.237 e. The summed E-state index contributed by atoms with van der Waals surface area (Å²) in [5.74, 6) is -0.168. The van der Waals surface area contributed by atoms with Crippen molar-refractivity contribution in [3.05, 3.63) is 0 Å². The highest BCUT2D eigenvalue weighted by molar-refractivity contribution is 5.82. The lowest BCUT2D eigenvalue weighted by molar-refractivity contribution is -0.124. The fourth-order valence-electron chi connectivity index (χ4n) is 1.31. The number of hydrogen-bond donors (Lipinski definition) is 3. The van der Waals surface area contributed by atoms with Gasteiger partial charge in [-0.25, -0.2) is 0 Å². The van der Waals surface area contributed by atoms with Crippen LogP contribution in [0.2, 0.25) is 0 Å². The zero-order valence-electron chi connectivity index (χ0n) is 11.5.